The van der Waals surface area contributed by atoms with Crippen LogP contribution in [-0.4, -0.2) is 20.7 Å². The second-order valence-corrected chi connectivity index (χ2v) is 7.60. The van der Waals surface area contributed by atoms with Crippen molar-refractivity contribution in [1.29, 1.82) is 0 Å². The first-order valence-corrected chi connectivity index (χ1v) is 10.4. The van der Waals surface area contributed by atoms with E-state index in [0.29, 0.717) is 34.4 Å². The minimum atomic E-state index is -0.480. The molecule has 0 aliphatic heterocycles. The number of nitrogens with zero attached hydrogens (tertiary/aromatic N) is 3. The van der Waals surface area contributed by atoms with Gasteiger partial charge in [-0.1, -0.05) is 72.4 Å². The Labute approximate surface area is 177 Å². The van der Waals surface area contributed by atoms with Gasteiger partial charge in [-0.15, -0.1) is 10.2 Å². The number of primary amides is 1. The summed E-state index contributed by atoms with van der Waals surface area (Å²) in [7, 11) is 0. The molecule has 0 fully saturated rings. The highest BCUT2D eigenvalue weighted by Crippen LogP contribution is 2.28. The van der Waals surface area contributed by atoms with Gasteiger partial charge in [-0.2, -0.15) is 0 Å². The van der Waals surface area contributed by atoms with E-state index in [1.165, 1.54) is 17.8 Å². The highest BCUT2D eigenvalue weighted by Gasteiger charge is 2.18. The summed E-state index contributed by atoms with van der Waals surface area (Å²) in [5.41, 5.74) is 8.18. The van der Waals surface area contributed by atoms with Gasteiger partial charge in [0.1, 0.15) is 11.6 Å². The van der Waals surface area contributed by atoms with Crippen molar-refractivity contribution in [1.82, 2.24) is 14.8 Å². The van der Waals surface area contributed by atoms with Crippen molar-refractivity contribution in [3.8, 4) is 5.69 Å². The minimum absolute atomic E-state index is 0.356. The first-order valence-electron chi connectivity index (χ1n) is 9.37. The summed E-state index contributed by atoms with van der Waals surface area (Å²) < 4.78 is 16.4. The van der Waals surface area contributed by atoms with E-state index >= 15 is 0 Å². The number of para-hydroxylation sites is 1. The Morgan fingerprint density at radius 3 is 2.40 bits per heavy atom. The average molecular weight is 418 g/mol. The lowest BCUT2D eigenvalue weighted by atomic mass is 10.1. The molecular weight excluding hydrogens is 399 g/mol. The molecule has 4 aromatic rings. The van der Waals surface area contributed by atoms with Crippen LogP contribution in [-0.2, 0) is 12.2 Å². The van der Waals surface area contributed by atoms with E-state index in [9.17, 15) is 9.18 Å². The van der Waals surface area contributed by atoms with Crippen molar-refractivity contribution in [3.63, 3.8) is 0 Å². The first kappa shape index (κ1) is 19.8. The van der Waals surface area contributed by atoms with Crippen molar-refractivity contribution in [2.75, 3.05) is 0 Å². The number of amides is 1. The normalized spacial score (nSPS) is 10.8. The van der Waals surface area contributed by atoms with E-state index in [0.717, 1.165) is 11.1 Å². The Kier molecular flexibility index (Phi) is 5.90. The Balaban J connectivity index is 1.70. The molecule has 0 aliphatic rings. The molecule has 4 rings (SSSR count). The highest BCUT2D eigenvalue weighted by atomic mass is 32.2. The fourth-order valence-corrected chi connectivity index (χ4v) is 4.16. The summed E-state index contributed by atoms with van der Waals surface area (Å²) in [6.45, 7) is 0. The third-order valence-corrected chi connectivity index (χ3v) is 5.62. The molecule has 0 unspecified atom stereocenters. The van der Waals surface area contributed by atoms with Crippen molar-refractivity contribution >= 4 is 17.7 Å². The smallest absolute Gasteiger partial charge is 0.249 e. The van der Waals surface area contributed by atoms with Crippen molar-refractivity contribution in [2.45, 2.75) is 17.3 Å². The number of aromatic nitrogens is 3. The molecule has 3 aromatic carbocycles. The van der Waals surface area contributed by atoms with Gasteiger partial charge in [-0.25, -0.2) is 4.39 Å². The number of nitrogens with two attached hydrogens (primary N) is 1. The monoisotopic (exact) mass is 418 g/mol. The van der Waals surface area contributed by atoms with Gasteiger partial charge < -0.3 is 5.73 Å². The van der Waals surface area contributed by atoms with Gasteiger partial charge in [-0.05, 0) is 29.3 Å². The van der Waals surface area contributed by atoms with Crippen molar-refractivity contribution in [2.24, 2.45) is 5.73 Å². The molecular formula is C23H19FN4OS. The second-order valence-electron chi connectivity index (χ2n) is 6.66. The van der Waals surface area contributed by atoms with Crippen LogP contribution in [0, 0.1) is 5.82 Å². The van der Waals surface area contributed by atoms with E-state index in [2.05, 4.69) is 10.2 Å². The molecule has 0 atom stereocenters. The van der Waals surface area contributed by atoms with Gasteiger partial charge in [-0.3, -0.25) is 9.36 Å². The predicted molar refractivity (Wildman–Crippen MR) is 115 cm³/mol. The van der Waals surface area contributed by atoms with Crippen LogP contribution in [0.15, 0.2) is 84.0 Å². The summed E-state index contributed by atoms with van der Waals surface area (Å²) in [6.07, 6.45) is 0.514. The summed E-state index contributed by atoms with van der Waals surface area (Å²) >= 11 is 1.38. The molecule has 30 heavy (non-hydrogen) atoms. The highest BCUT2D eigenvalue weighted by molar-refractivity contribution is 7.98. The molecule has 0 spiro atoms. The zero-order valence-corrected chi connectivity index (χ0v) is 16.8. The number of benzene rings is 3. The molecule has 5 nitrogen and oxygen atoms in total. The lowest BCUT2D eigenvalue weighted by Crippen LogP contribution is -2.13. The van der Waals surface area contributed by atoms with Crippen LogP contribution in [0.4, 0.5) is 4.39 Å². The van der Waals surface area contributed by atoms with Crippen LogP contribution in [0.5, 0.6) is 0 Å². The van der Waals surface area contributed by atoms with Gasteiger partial charge in [0, 0.05) is 17.7 Å². The maximum Gasteiger partial charge on any atom is 0.249 e. The van der Waals surface area contributed by atoms with Crippen molar-refractivity contribution in [3.05, 3.63) is 107 Å². The molecule has 1 amide bonds. The van der Waals surface area contributed by atoms with E-state index in [1.54, 1.807) is 34.9 Å². The SMILES string of the molecule is NC(=O)c1ccccc1CSc1nnc(Cc2ccccc2)n1-c1ccccc1F. The van der Waals surface area contributed by atoms with Gasteiger partial charge in [0.05, 0.1) is 5.69 Å². The van der Waals surface area contributed by atoms with E-state index < -0.39 is 5.91 Å². The molecule has 0 saturated heterocycles. The molecule has 0 saturated carbocycles. The predicted octanol–water partition coefficient (Wildman–Crippen LogP) is 4.39. The van der Waals surface area contributed by atoms with Gasteiger partial charge >= 0.3 is 0 Å². The van der Waals surface area contributed by atoms with Crippen LogP contribution in [0.1, 0.15) is 27.3 Å². The van der Waals surface area contributed by atoms with E-state index in [-0.39, 0.29) is 5.82 Å². The zero-order valence-electron chi connectivity index (χ0n) is 16.0. The molecule has 1 aromatic heterocycles. The first-order chi connectivity index (χ1) is 14.6. The lowest BCUT2D eigenvalue weighted by molar-refractivity contribution is 0.0999. The molecule has 7 heteroatoms. The van der Waals surface area contributed by atoms with E-state index in [4.69, 9.17) is 5.73 Å². The number of rotatable bonds is 7. The molecule has 150 valence electrons. The standard InChI is InChI=1S/C23H19FN4OS/c24-19-12-6-7-13-20(19)28-21(14-16-8-2-1-3-9-16)26-27-23(28)30-15-17-10-4-5-11-18(17)22(25)29/h1-13H,14-15H2,(H2,25,29). The molecule has 0 aliphatic carbocycles. The van der Waals surface area contributed by atoms with Gasteiger partial charge in [0.2, 0.25) is 5.91 Å². The fraction of sp³-hybridized carbons (Fsp3) is 0.0870. The quantitative estimate of drug-likeness (QED) is 0.452. The summed E-state index contributed by atoms with van der Waals surface area (Å²) in [4.78, 5) is 11.7. The summed E-state index contributed by atoms with van der Waals surface area (Å²) in [5.74, 6) is 0.256. The Morgan fingerprint density at radius 1 is 0.933 bits per heavy atom. The minimum Gasteiger partial charge on any atom is -0.366 e. The Hall–Kier alpha value is -3.45. The summed E-state index contributed by atoms with van der Waals surface area (Å²) in [5, 5.41) is 9.19. The second kappa shape index (κ2) is 8.92. The third-order valence-electron chi connectivity index (χ3n) is 4.64. The van der Waals surface area contributed by atoms with Gasteiger partial charge in [0.25, 0.3) is 0 Å². The number of carbonyl (C=O) groups is 1. The molecule has 0 bridgehead atoms. The molecule has 2 N–H and O–H groups in total. The van der Waals surface area contributed by atoms with Gasteiger partial charge in [0.15, 0.2) is 5.16 Å². The zero-order chi connectivity index (χ0) is 20.9. The number of hydrogen-bond acceptors (Lipinski definition) is 4. The molecule has 1 heterocycles. The summed E-state index contributed by atoms with van der Waals surface area (Å²) in [6, 6.07) is 23.6. The van der Waals surface area contributed by atoms with Crippen LogP contribution in [0.2, 0.25) is 0 Å². The van der Waals surface area contributed by atoms with Crippen LogP contribution in [0.25, 0.3) is 5.69 Å². The Bertz CT molecular complexity index is 1180. The van der Waals surface area contributed by atoms with E-state index in [1.807, 2.05) is 42.5 Å². The maximum absolute atomic E-state index is 14.6. The number of halogens is 1. The number of hydrogen-bond donors (Lipinski definition) is 1. The fourth-order valence-electron chi connectivity index (χ4n) is 3.19. The van der Waals surface area contributed by atoms with Crippen LogP contribution >= 0.6 is 11.8 Å². The van der Waals surface area contributed by atoms with Crippen LogP contribution in [0.3, 0.4) is 0 Å². The Morgan fingerprint density at radius 2 is 1.63 bits per heavy atom. The number of carbonyl (C=O) groups excluding carboxylic acids is 1. The number of thioether (sulfide) groups is 1. The van der Waals surface area contributed by atoms with Crippen LogP contribution < -0.4 is 5.73 Å². The topological polar surface area (TPSA) is 73.8 Å². The third kappa shape index (κ3) is 4.26. The largest absolute Gasteiger partial charge is 0.366 e. The average Bonchev–Trinajstić information content (AvgIpc) is 3.15. The maximum atomic E-state index is 14.6. The van der Waals surface area contributed by atoms with Crippen molar-refractivity contribution < 1.29 is 9.18 Å². The molecule has 0 radical (unpaired) electrons. The lowest BCUT2D eigenvalue weighted by Gasteiger charge is -2.12.